The normalized spacial score (nSPS) is 14.0. The Labute approximate surface area is 166 Å². The van der Waals surface area contributed by atoms with Crippen LogP contribution in [0.25, 0.3) is 0 Å². The van der Waals surface area contributed by atoms with Crippen LogP contribution in [0.4, 0.5) is 5.69 Å². The Morgan fingerprint density at radius 1 is 1.00 bits per heavy atom. The van der Waals surface area contributed by atoms with Crippen LogP contribution in [0.1, 0.15) is 21.5 Å². The first-order chi connectivity index (χ1) is 11.7. The third kappa shape index (κ3) is 5.88. The van der Waals surface area contributed by atoms with Crippen LogP contribution < -0.4 is 11.1 Å². The average molecular weight is 398 g/mol. The second-order valence-electron chi connectivity index (χ2n) is 5.93. The topological polar surface area (TPSA) is 67.6 Å². The summed E-state index contributed by atoms with van der Waals surface area (Å²) in [5.74, 6) is -0.144. The lowest BCUT2D eigenvalue weighted by Gasteiger charge is -2.27. The van der Waals surface area contributed by atoms with E-state index in [0.29, 0.717) is 17.8 Å². The predicted molar refractivity (Wildman–Crippen MR) is 109 cm³/mol. The number of para-hydroxylation sites is 1. The molecule has 0 bridgehead atoms. The smallest absolute Gasteiger partial charge is 0.253 e. The van der Waals surface area contributed by atoms with E-state index in [1.165, 1.54) is 5.56 Å². The Morgan fingerprint density at radius 2 is 1.62 bits per heavy atom. The molecule has 0 atom stereocenters. The van der Waals surface area contributed by atoms with Crippen molar-refractivity contribution in [1.29, 1.82) is 0 Å². The number of nitrogens with zero attached hydrogens (tertiary/aromatic N) is 1. The van der Waals surface area contributed by atoms with E-state index in [9.17, 15) is 4.79 Å². The lowest BCUT2D eigenvalue weighted by molar-refractivity contribution is 0.0340. The summed E-state index contributed by atoms with van der Waals surface area (Å²) in [6.07, 6.45) is 0. The number of nitrogens with two attached hydrogens (primary N) is 1. The highest BCUT2D eigenvalue weighted by Crippen LogP contribution is 2.14. The fourth-order valence-electron chi connectivity index (χ4n) is 2.86. The molecule has 1 saturated heterocycles. The predicted octanol–water partition coefficient (Wildman–Crippen LogP) is 2.87. The Kier molecular flexibility index (Phi) is 9.44. The van der Waals surface area contributed by atoms with E-state index in [4.69, 9.17) is 10.5 Å². The quantitative estimate of drug-likeness (QED) is 0.761. The summed E-state index contributed by atoms with van der Waals surface area (Å²) >= 11 is 0. The number of ether oxygens (including phenoxy) is 1. The number of amides is 1. The maximum atomic E-state index is 12.3. The van der Waals surface area contributed by atoms with Crippen LogP contribution in [0.2, 0.25) is 0 Å². The molecule has 26 heavy (non-hydrogen) atoms. The van der Waals surface area contributed by atoms with Crippen LogP contribution in [-0.4, -0.2) is 37.1 Å². The number of hydrogen-bond acceptors (Lipinski definition) is 4. The summed E-state index contributed by atoms with van der Waals surface area (Å²) < 4.78 is 5.40. The van der Waals surface area contributed by atoms with Gasteiger partial charge in [-0.2, -0.15) is 0 Å². The van der Waals surface area contributed by atoms with Gasteiger partial charge in [-0.15, -0.1) is 24.8 Å². The van der Waals surface area contributed by atoms with Gasteiger partial charge in [0, 0.05) is 31.9 Å². The minimum atomic E-state index is -0.144. The molecule has 1 amide bonds. The summed E-state index contributed by atoms with van der Waals surface area (Å²) in [5, 5.41) is 2.97. The molecule has 0 aliphatic carbocycles. The van der Waals surface area contributed by atoms with Crippen molar-refractivity contribution >= 4 is 36.4 Å². The van der Waals surface area contributed by atoms with Gasteiger partial charge in [-0.1, -0.05) is 36.4 Å². The van der Waals surface area contributed by atoms with Gasteiger partial charge >= 0.3 is 0 Å². The molecule has 142 valence electrons. The highest BCUT2D eigenvalue weighted by molar-refractivity contribution is 5.99. The van der Waals surface area contributed by atoms with Crippen LogP contribution in [-0.2, 0) is 17.8 Å². The van der Waals surface area contributed by atoms with E-state index in [1.807, 2.05) is 24.3 Å². The molecule has 5 nitrogen and oxygen atoms in total. The van der Waals surface area contributed by atoms with Gasteiger partial charge in [-0.25, -0.2) is 0 Å². The van der Waals surface area contributed by atoms with E-state index >= 15 is 0 Å². The monoisotopic (exact) mass is 397 g/mol. The number of benzene rings is 2. The SMILES string of the molecule is Cl.Cl.Nc1ccccc1C(=O)NCc1ccccc1CN1CCOCC1. The van der Waals surface area contributed by atoms with Crippen LogP contribution in [0.3, 0.4) is 0 Å². The van der Waals surface area contributed by atoms with Gasteiger partial charge in [0.05, 0.1) is 18.8 Å². The molecule has 2 aromatic rings. The number of nitrogen functional groups attached to an aromatic ring is 1. The second kappa shape index (κ2) is 11.0. The van der Waals surface area contributed by atoms with Crippen molar-refractivity contribution in [2.24, 2.45) is 0 Å². The first-order valence-corrected chi connectivity index (χ1v) is 8.23. The zero-order chi connectivity index (χ0) is 16.8. The molecule has 1 fully saturated rings. The van der Waals surface area contributed by atoms with Crippen molar-refractivity contribution in [2.75, 3.05) is 32.0 Å². The van der Waals surface area contributed by atoms with Crippen LogP contribution in [0.5, 0.6) is 0 Å². The largest absolute Gasteiger partial charge is 0.398 e. The number of carbonyl (C=O) groups excluding carboxylic acids is 1. The standard InChI is InChI=1S/C19H23N3O2.2ClH/c20-18-8-4-3-7-17(18)19(23)21-13-15-5-1-2-6-16(15)14-22-9-11-24-12-10-22;;/h1-8H,9-14,20H2,(H,21,23);2*1H. The highest BCUT2D eigenvalue weighted by Gasteiger charge is 2.14. The van der Waals surface area contributed by atoms with Gasteiger partial charge < -0.3 is 15.8 Å². The van der Waals surface area contributed by atoms with Crippen molar-refractivity contribution in [3.8, 4) is 0 Å². The lowest BCUT2D eigenvalue weighted by atomic mass is 10.1. The summed E-state index contributed by atoms with van der Waals surface area (Å²) in [5.41, 5.74) is 9.25. The first-order valence-electron chi connectivity index (χ1n) is 8.23. The Morgan fingerprint density at radius 3 is 2.31 bits per heavy atom. The Hall–Kier alpha value is -1.79. The molecule has 3 N–H and O–H groups in total. The molecule has 2 aromatic carbocycles. The van der Waals surface area contributed by atoms with Gasteiger partial charge in [0.15, 0.2) is 0 Å². The second-order valence-corrected chi connectivity index (χ2v) is 5.93. The molecule has 7 heteroatoms. The molecule has 0 saturated carbocycles. The molecule has 3 rings (SSSR count). The minimum Gasteiger partial charge on any atom is -0.398 e. The van der Waals surface area contributed by atoms with Gasteiger partial charge in [-0.3, -0.25) is 9.69 Å². The maximum Gasteiger partial charge on any atom is 0.253 e. The first kappa shape index (κ1) is 22.3. The summed E-state index contributed by atoms with van der Waals surface area (Å²) in [6.45, 7) is 4.83. The molecule has 0 aromatic heterocycles. The van der Waals surface area contributed by atoms with E-state index in [1.54, 1.807) is 12.1 Å². The van der Waals surface area contributed by atoms with Crippen molar-refractivity contribution in [3.63, 3.8) is 0 Å². The van der Waals surface area contributed by atoms with E-state index < -0.39 is 0 Å². The molecule has 1 aliphatic rings. The summed E-state index contributed by atoms with van der Waals surface area (Å²) in [6, 6.07) is 15.3. The number of rotatable bonds is 5. The minimum absolute atomic E-state index is 0. The van der Waals surface area contributed by atoms with E-state index in [0.717, 1.165) is 38.4 Å². The van der Waals surface area contributed by atoms with Gasteiger partial charge in [0.25, 0.3) is 5.91 Å². The van der Waals surface area contributed by atoms with Crippen LogP contribution >= 0.6 is 24.8 Å². The third-order valence-corrected chi connectivity index (χ3v) is 4.26. The number of hydrogen-bond donors (Lipinski definition) is 2. The van der Waals surface area contributed by atoms with Gasteiger partial charge in [0.1, 0.15) is 0 Å². The Balaban J connectivity index is 0.00000169. The fourth-order valence-corrected chi connectivity index (χ4v) is 2.86. The van der Waals surface area contributed by atoms with Crippen LogP contribution in [0.15, 0.2) is 48.5 Å². The van der Waals surface area contributed by atoms with Crippen molar-refractivity contribution in [2.45, 2.75) is 13.1 Å². The summed E-state index contributed by atoms with van der Waals surface area (Å²) in [7, 11) is 0. The number of anilines is 1. The molecular formula is C19H25Cl2N3O2. The lowest BCUT2D eigenvalue weighted by Crippen LogP contribution is -2.36. The van der Waals surface area contributed by atoms with Crippen LogP contribution in [0, 0.1) is 0 Å². The number of carbonyl (C=O) groups is 1. The molecule has 0 radical (unpaired) electrons. The number of nitrogens with one attached hydrogen (secondary N) is 1. The molecule has 1 heterocycles. The molecular weight excluding hydrogens is 373 g/mol. The van der Waals surface area contributed by atoms with Gasteiger partial charge in [0.2, 0.25) is 0 Å². The maximum absolute atomic E-state index is 12.3. The fraction of sp³-hybridized carbons (Fsp3) is 0.316. The van der Waals surface area contributed by atoms with Crippen molar-refractivity contribution in [3.05, 3.63) is 65.2 Å². The molecule has 1 aliphatic heterocycles. The Bertz CT molecular complexity index is 707. The van der Waals surface area contributed by atoms with Crippen molar-refractivity contribution < 1.29 is 9.53 Å². The third-order valence-electron chi connectivity index (χ3n) is 4.26. The highest BCUT2D eigenvalue weighted by atomic mass is 35.5. The number of halogens is 2. The van der Waals surface area contributed by atoms with Gasteiger partial charge in [-0.05, 0) is 23.3 Å². The molecule has 0 spiro atoms. The average Bonchev–Trinajstić information content (AvgIpc) is 2.62. The zero-order valence-electron chi connectivity index (χ0n) is 14.5. The zero-order valence-corrected chi connectivity index (χ0v) is 16.2. The van der Waals surface area contributed by atoms with E-state index in [2.05, 4.69) is 22.3 Å². The van der Waals surface area contributed by atoms with Crippen molar-refractivity contribution in [1.82, 2.24) is 10.2 Å². The van der Waals surface area contributed by atoms with E-state index in [-0.39, 0.29) is 30.7 Å². The molecule has 0 unspecified atom stereocenters. The summed E-state index contributed by atoms with van der Waals surface area (Å²) in [4.78, 5) is 14.7. The number of morpholine rings is 1.